The van der Waals surface area contributed by atoms with E-state index in [1.54, 1.807) is 7.11 Å². The van der Waals surface area contributed by atoms with Gasteiger partial charge in [-0.2, -0.15) is 5.10 Å². The molecule has 6 nitrogen and oxygen atoms in total. The molecule has 2 saturated heterocycles. The summed E-state index contributed by atoms with van der Waals surface area (Å²) in [7, 11) is 3.65. The number of aryl methyl sites for hydroxylation is 1. The molecule has 2 atom stereocenters. The fourth-order valence-corrected chi connectivity index (χ4v) is 4.02. The Labute approximate surface area is 148 Å². The predicted molar refractivity (Wildman–Crippen MR) is 96.8 cm³/mol. The van der Waals surface area contributed by atoms with E-state index in [0.717, 1.165) is 50.5 Å². The highest BCUT2D eigenvalue weighted by molar-refractivity contribution is 5.47. The maximum absolute atomic E-state index is 6.25. The van der Waals surface area contributed by atoms with Crippen LogP contribution in [-0.4, -0.2) is 53.1 Å². The second kappa shape index (κ2) is 6.69. The number of hydrogen-bond acceptors (Lipinski definition) is 5. The van der Waals surface area contributed by atoms with Gasteiger partial charge < -0.3 is 14.8 Å². The van der Waals surface area contributed by atoms with Gasteiger partial charge in [0.25, 0.3) is 0 Å². The Morgan fingerprint density at radius 1 is 1.36 bits per heavy atom. The summed E-state index contributed by atoms with van der Waals surface area (Å²) in [6.45, 7) is 3.81. The van der Waals surface area contributed by atoms with Crippen molar-refractivity contribution in [3.63, 3.8) is 0 Å². The summed E-state index contributed by atoms with van der Waals surface area (Å²) in [5.41, 5.74) is 2.40. The van der Waals surface area contributed by atoms with Crippen LogP contribution in [0, 0.1) is 0 Å². The summed E-state index contributed by atoms with van der Waals surface area (Å²) in [6.07, 6.45) is 6.21. The minimum atomic E-state index is 0.00630. The van der Waals surface area contributed by atoms with Crippen molar-refractivity contribution in [2.75, 3.05) is 32.1 Å². The first-order valence-corrected chi connectivity index (χ1v) is 8.89. The van der Waals surface area contributed by atoms with E-state index >= 15 is 0 Å². The summed E-state index contributed by atoms with van der Waals surface area (Å²) in [5.74, 6) is 0.881. The van der Waals surface area contributed by atoms with Crippen LogP contribution in [0.4, 0.5) is 5.69 Å². The molecule has 2 fully saturated rings. The van der Waals surface area contributed by atoms with Crippen LogP contribution in [0.25, 0.3) is 0 Å². The molecule has 0 aliphatic carbocycles. The van der Waals surface area contributed by atoms with Gasteiger partial charge in [-0.3, -0.25) is 9.58 Å². The van der Waals surface area contributed by atoms with Gasteiger partial charge in [-0.25, -0.2) is 0 Å². The zero-order chi connectivity index (χ0) is 17.3. The van der Waals surface area contributed by atoms with E-state index in [2.05, 4.69) is 33.6 Å². The first kappa shape index (κ1) is 16.4. The van der Waals surface area contributed by atoms with Crippen LogP contribution in [0.15, 0.2) is 36.7 Å². The largest absolute Gasteiger partial charge is 0.497 e. The van der Waals surface area contributed by atoms with Gasteiger partial charge in [-0.1, -0.05) is 0 Å². The fraction of sp³-hybridized carbons (Fsp3) is 0.526. The van der Waals surface area contributed by atoms with Crippen LogP contribution < -0.4 is 10.1 Å². The van der Waals surface area contributed by atoms with E-state index in [9.17, 15) is 0 Å². The van der Waals surface area contributed by atoms with Crippen LogP contribution in [0.1, 0.15) is 18.4 Å². The van der Waals surface area contributed by atoms with Crippen molar-refractivity contribution in [1.82, 2.24) is 14.7 Å². The average molecular weight is 342 g/mol. The number of nitrogens with zero attached hydrogens (tertiary/aromatic N) is 3. The van der Waals surface area contributed by atoms with Gasteiger partial charge in [-0.05, 0) is 30.7 Å². The summed E-state index contributed by atoms with van der Waals surface area (Å²) in [6, 6.07) is 8.46. The van der Waals surface area contributed by atoms with Crippen molar-refractivity contribution in [1.29, 1.82) is 0 Å². The monoisotopic (exact) mass is 342 g/mol. The Balaban J connectivity index is 1.32. The number of nitrogens with one attached hydrogen (secondary N) is 1. The third-order valence-corrected chi connectivity index (χ3v) is 5.23. The molecule has 2 aliphatic heterocycles. The number of anilines is 1. The zero-order valence-electron chi connectivity index (χ0n) is 14.9. The van der Waals surface area contributed by atoms with E-state index < -0.39 is 0 Å². The number of benzene rings is 1. The first-order valence-electron chi connectivity index (χ1n) is 8.89. The van der Waals surface area contributed by atoms with Crippen LogP contribution in [0.2, 0.25) is 0 Å². The van der Waals surface area contributed by atoms with Crippen LogP contribution in [0.5, 0.6) is 5.75 Å². The number of aromatic nitrogens is 2. The minimum absolute atomic E-state index is 0.00630. The molecule has 1 spiro atoms. The molecular formula is C19H26N4O2. The van der Waals surface area contributed by atoms with Crippen molar-refractivity contribution in [2.24, 2.45) is 7.05 Å². The van der Waals surface area contributed by atoms with E-state index in [4.69, 9.17) is 9.47 Å². The number of rotatable bonds is 5. The second-order valence-corrected chi connectivity index (χ2v) is 7.25. The quantitative estimate of drug-likeness (QED) is 0.903. The third-order valence-electron chi connectivity index (χ3n) is 5.23. The molecule has 1 aromatic carbocycles. The lowest BCUT2D eigenvalue weighted by molar-refractivity contribution is 0.0120. The number of ether oxygens (including phenoxy) is 2. The van der Waals surface area contributed by atoms with Crippen LogP contribution in [-0.2, 0) is 18.3 Å². The van der Waals surface area contributed by atoms with E-state index in [0.29, 0.717) is 6.04 Å². The zero-order valence-corrected chi connectivity index (χ0v) is 14.9. The van der Waals surface area contributed by atoms with Gasteiger partial charge in [-0.15, -0.1) is 0 Å². The summed E-state index contributed by atoms with van der Waals surface area (Å²) in [4.78, 5) is 2.48. The van der Waals surface area contributed by atoms with E-state index in [1.165, 1.54) is 5.56 Å². The summed E-state index contributed by atoms with van der Waals surface area (Å²) < 4.78 is 13.3. The molecule has 25 heavy (non-hydrogen) atoms. The lowest BCUT2D eigenvalue weighted by Crippen LogP contribution is -2.33. The van der Waals surface area contributed by atoms with Crippen LogP contribution >= 0.6 is 0 Å². The Kier molecular flexibility index (Phi) is 4.39. The number of methoxy groups -OCH3 is 1. The number of hydrogen-bond donors (Lipinski definition) is 1. The van der Waals surface area contributed by atoms with E-state index in [1.807, 2.05) is 30.1 Å². The second-order valence-electron chi connectivity index (χ2n) is 7.25. The highest BCUT2D eigenvalue weighted by Gasteiger charge is 2.45. The topological polar surface area (TPSA) is 51.5 Å². The summed E-state index contributed by atoms with van der Waals surface area (Å²) >= 11 is 0. The van der Waals surface area contributed by atoms with E-state index in [-0.39, 0.29) is 5.60 Å². The Hall–Kier alpha value is -2.05. The molecule has 1 aromatic heterocycles. The Morgan fingerprint density at radius 3 is 2.92 bits per heavy atom. The van der Waals surface area contributed by atoms with Crippen molar-refractivity contribution >= 4 is 5.69 Å². The smallest absolute Gasteiger partial charge is 0.119 e. The average Bonchev–Trinajstić information content (AvgIpc) is 3.31. The molecule has 2 aliphatic rings. The molecule has 4 rings (SSSR count). The maximum atomic E-state index is 6.25. The van der Waals surface area contributed by atoms with Gasteiger partial charge in [0.05, 0.1) is 31.6 Å². The first-order chi connectivity index (χ1) is 12.1. The SMILES string of the molecule is COc1ccc(N[C@@H]2CO[C@]3(CCN(Cc4cnn(C)c4)C3)C2)cc1. The van der Waals surface area contributed by atoms with Crippen molar-refractivity contribution in [3.05, 3.63) is 42.2 Å². The summed E-state index contributed by atoms with van der Waals surface area (Å²) in [5, 5.41) is 7.86. The molecule has 6 heteroatoms. The Bertz CT molecular complexity index is 714. The van der Waals surface area contributed by atoms with Crippen molar-refractivity contribution in [2.45, 2.75) is 31.0 Å². The van der Waals surface area contributed by atoms with Gasteiger partial charge in [0, 0.05) is 50.6 Å². The van der Waals surface area contributed by atoms with Gasteiger partial charge in [0.15, 0.2) is 0 Å². The normalized spacial score (nSPS) is 26.4. The third kappa shape index (κ3) is 3.65. The maximum Gasteiger partial charge on any atom is 0.119 e. The minimum Gasteiger partial charge on any atom is -0.497 e. The van der Waals surface area contributed by atoms with Crippen LogP contribution in [0.3, 0.4) is 0 Å². The lowest BCUT2D eigenvalue weighted by atomic mass is 9.97. The predicted octanol–water partition coefficient (Wildman–Crippen LogP) is 2.27. The van der Waals surface area contributed by atoms with Crippen molar-refractivity contribution < 1.29 is 9.47 Å². The lowest BCUT2D eigenvalue weighted by Gasteiger charge is -2.23. The molecule has 0 radical (unpaired) electrons. The highest BCUT2D eigenvalue weighted by atomic mass is 16.5. The molecule has 0 amide bonds. The number of likely N-dealkylation sites (tertiary alicyclic amines) is 1. The fourth-order valence-electron chi connectivity index (χ4n) is 4.02. The molecule has 0 unspecified atom stereocenters. The standard InChI is InChI=1S/C19H26N4O2/c1-22-11-15(10-20-22)12-23-8-7-19(14-23)9-17(13-25-19)21-16-3-5-18(24-2)6-4-16/h3-6,10-11,17,21H,7-9,12-14H2,1-2H3/t17-,19+/m0/s1. The molecule has 1 N–H and O–H groups in total. The molecule has 2 aromatic rings. The highest BCUT2D eigenvalue weighted by Crippen LogP contribution is 2.36. The van der Waals surface area contributed by atoms with Crippen molar-refractivity contribution in [3.8, 4) is 5.75 Å². The molecule has 3 heterocycles. The van der Waals surface area contributed by atoms with Gasteiger partial charge >= 0.3 is 0 Å². The molecule has 134 valence electrons. The Morgan fingerprint density at radius 2 is 2.20 bits per heavy atom. The molecular weight excluding hydrogens is 316 g/mol. The van der Waals surface area contributed by atoms with Gasteiger partial charge in [0.2, 0.25) is 0 Å². The molecule has 0 saturated carbocycles. The van der Waals surface area contributed by atoms with Gasteiger partial charge in [0.1, 0.15) is 5.75 Å². The molecule has 0 bridgehead atoms.